The van der Waals surface area contributed by atoms with Gasteiger partial charge in [0, 0.05) is 0 Å². The molecule has 0 saturated heterocycles. The second-order valence-electron chi connectivity index (χ2n) is 2.91. The summed E-state index contributed by atoms with van der Waals surface area (Å²) in [6.07, 6.45) is 4.30. The first kappa shape index (κ1) is 10.4. The van der Waals surface area contributed by atoms with Crippen LogP contribution < -0.4 is 5.73 Å². The van der Waals surface area contributed by atoms with Crippen molar-refractivity contribution >= 4 is 18.4 Å². The first-order valence-corrected chi connectivity index (χ1v) is 4.77. The standard InChI is InChI=1S/C11H15N3/c1-2-8-13-10-14(9-12)11-6-4-3-5-7-11/h3-7,9-10,12H,2,8H2,1H3/p+1. The zero-order chi connectivity index (χ0) is 10.2. The van der Waals surface area contributed by atoms with Crippen LogP contribution in [-0.2, 0) is 0 Å². The van der Waals surface area contributed by atoms with E-state index in [1.54, 1.807) is 10.9 Å². The van der Waals surface area contributed by atoms with Crippen molar-refractivity contribution in [1.82, 2.24) is 0 Å². The molecule has 1 aromatic rings. The molecule has 1 rings (SSSR count). The summed E-state index contributed by atoms with van der Waals surface area (Å²) in [5.41, 5.74) is 6.52. The van der Waals surface area contributed by atoms with E-state index in [4.69, 9.17) is 5.73 Å². The zero-order valence-electron chi connectivity index (χ0n) is 8.43. The van der Waals surface area contributed by atoms with Crippen LogP contribution in [-0.4, -0.2) is 23.8 Å². The molecule has 2 N–H and O–H groups in total. The Morgan fingerprint density at radius 3 is 2.64 bits per heavy atom. The van der Waals surface area contributed by atoms with Gasteiger partial charge in [0.2, 0.25) is 6.34 Å². The van der Waals surface area contributed by atoms with Crippen molar-refractivity contribution in [3.8, 4) is 0 Å². The predicted octanol–water partition coefficient (Wildman–Crippen LogP) is 1.76. The van der Waals surface area contributed by atoms with E-state index in [-0.39, 0.29) is 0 Å². The fourth-order valence-electron chi connectivity index (χ4n) is 1.07. The molecule has 74 valence electrons. The molecule has 0 aliphatic carbocycles. The van der Waals surface area contributed by atoms with Crippen molar-refractivity contribution in [2.75, 3.05) is 6.54 Å². The SMILES string of the molecule is CCCN=C[N+](=CN)c1ccccc1. The van der Waals surface area contributed by atoms with E-state index < -0.39 is 0 Å². The molecule has 14 heavy (non-hydrogen) atoms. The van der Waals surface area contributed by atoms with Crippen molar-refractivity contribution in [2.45, 2.75) is 13.3 Å². The van der Waals surface area contributed by atoms with E-state index in [9.17, 15) is 0 Å². The number of hydrogen-bond donors (Lipinski definition) is 1. The smallest absolute Gasteiger partial charge is 0.224 e. The van der Waals surface area contributed by atoms with E-state index in [0.717, 1.165) is 18.7 Å². The van der Waals surface area contributed by atoms with Crippen LogP contribution in [0.3, 0.4) is 0 Å². The van der Waals surface area contributed by atoms with Crippen molar-refractivity contribution in [3.05, 3.63) is 30.3 Å². The Morgan fingerprint density at radius 2 is 2.07 bits per heavy atom. The van der Waals surface area contributed by atoms with E-state index >= 15 is 0 Å². The molecule has 0 aliphatic rings. The average Bonchev–Trinajstić information content (AvgIpc) is 2.26. The molecule has 0 radical (unpaired) electrons. The largest absolute Gasteiger partial charge is 0.325 e. The van der Waals surface area contributed by atoms with E-state index in [1.165, 1.54) is 6.34 Å². The fourth-order valence-corrected chi connectivity index (χ4v) is 1.07. The zero-order valence-corrected chi connectivity index (χ0v) is 8.43. The van der Waals surface area contributed by atoms with Gasteiger partial charge < -0.3 is 5.73 Å². The van der Waals surface area contributed by atoms with Gasteiger partial charge >= 0.3 is 0 Å². The van der Waals surface area contributed by atoms with Crippen LogP contribution in [0.4, 0.5) is 5.69 Å². The molecule has 0 heterocycles. The monoisotopic (exact) mass is 190 g/mol. The van der Waals surface area contributed by atoms with Gasteiger partial charge in [0.05, 0.1) is 0 Å². The molecule has 1 aromatic carbocycles. The Hall–Kier alpha value is -1.64. The first-order valence-electron chi connectivity index (χ1n) is 4.77. The Bertz CT molecular complexity index is 315. The van der Waals surface area contributed by atoms with Gasteiger partial charge in [0.15, 0.2) is 6.34 Å². The molecule has 0 fully saturated rings. The molecule has 0 atom stereocenters. The van der Waals surface area contributed by atoms with Gasteiger partial charge in [-0.1, -0.05) is 25.1 Å². The third-order valence-electron chi connectivity index (χ3n) is 1.77. The van der Waals surface area contributed by atoms with Crippen LogP contribution in [0.1, 0.15) is 13.3 Å². The van der Waals surface area contributed by atoms with Crippen LogP contribution in [0.25, 0.3) is 0 Å². The number of nitrogens with zero attached hydrogens (tertiary/aromatic N) is 2. The van der Waals surface area contributed by atoms with Crippen LogP contribution in [0.15, 0.2) is 35.3 Å². The topological polar surface area (TPSA) is 41.4 Å². The molecular weight excluding hydrogens is 174 g/mol. The molecule has 3 nitrogen and oxygen atoms in total. The van der Waals surface area contributed by atoms with Crippen molar-refractivity contribution < 1.29 is 4.58 Å². The highest BCUT2D eigenvalue weighted by atomic mass is 15.1. The maximum absolute atomic E-state index is 5.50. The summed E-state index contributed by atoms with van der Waals surface area (Å²) < 4.78 is 1.80. The number of aliphatic imine (C=N–C) groups is 1. The lowest BCUT2D eigenvalue weighted by atomic mass is 10.3. The summed E-state index contributed by atoms with van der Waals surface area (Å²) >= 11 is 0. The molecule has 0 bridgehead atoms. The normalized spacial score (nSPS) is 12.2. The Morgan fingerprint density at radius 1 is 1.36 bits per heavy atom. The summed E-state index contributed by atoms with van der Waals surface area (Å²) in [5.74, 6) is 0. The molecule has 0 saturated carbocycles. The second kappa shape index (κ2) is 5.91. The summed E-state index contributed by atoms with van der Waals surface area (Å²) in [7, 11) is 0. The molecule has 3 heteroatoms. The highest BCUT2D eigenvalue weighted by molar-refractivity contribution is 5.61. The third kappa shape index (κ3) is 3.01. The summed E-state index contributed by atoms with van der Waals surface area (Å²) in [4.78, 5) is 4.23. The van der Waals surface area contributed by atoms with Gasteiger partial charge in [-0.05, 0) is 18.6 Å². The van der Waals surface area contributed by atoms with Crippen LogP contribution >= 0.6 is 0 Å². The van der Waals surface area contributed by atoms with Gasteiger partial charge in [0.1, 0.15) is 12.2 Å². The van der Waals surface area contributed by atoms with Gasteiger partial charge in [-0.15, -0.1) is 0 Å². The van der Waals surface area contributed by atoms with E-state index in [2.05, 4.69) is 11.9 Å². The van der Waals surface area contributed by atoms with Crippen LogP contribution in [0.5, 0.6) is 0 Å². The Balaban J connectivity index is 2.74. The van der Waals surface area contributed by atoms with Crippen LogP contribution in [0, 0.1) is 0 Å². The molecule has 0 aliphatic heterocycles. The number of para-hydroxylation sites is 1. The lowest BCUT2D eigenvalue weighted by Gasteiger charge is -1.98. The molecular formula is C11H16N3+. The van der Waals surface area contributed by atoms with Crippen molar-refractivity contribution in [3.63, 3.8) is 0 Å². The second-order valence-corrected chi connectivity index (χ2v) is 2.91. The van der Waals surface area contributed by atoms with Crippen molar-refractivity contribution in [1.29, 1.82) is 0 Å². The molecule has 0 aromatic heterocycles. The summed E-state index contributed by atoms with van der Waals surface area (Å²) in [6, 6.07) is 9.89. The number of nitrogens with two attached hydrogens (primary N) is 1. The number of rotatable bonds is 4. The first-order chi connectivity index (χ1) is 6.88. The number of benzene rings is 1. The highest BCUT2D eigenvalue weighted by Crippen LogP contribution is 2.07. The number of hydrogen-bond acceptors (Lipinski definition) is 1. The van der Waals surface area contributed by atoms with E-state index in [0.29, 0.717) is 0 Å². The molecule has 0 spiro atoms. The lowest BCUT2D eigenvalue weighted by molar-refractivity contribution is -0.290. The Labute approximate surface area is 84.6 Å². The fraction of sp³-hybridized carbons (Fsp3) is 0.273. The lowest BCUT2D eigenvalue weighted by Crippen LogP contribution is -2.10. The summed E-state index contributed by atoms with van der Waals surface area (Å²) in [5, 5.41) is 0. The molecule has 0 amide bonds. The van der Waals surface area contributed by atoms with Gasteiger partial charge in [-0.3, -0.25) is 0 Å². The molecule has 0 unspecified atom stereocenters. The average molecular weight is 190 g/mol. The highest BCUT2D eigenvalue weighted by Gasteiger charge is 1.97. The van der Waals surface area contributed by atoms with Gasteiger partial charge in [-0.25, -0.2) is 4.58 Å². The minimum absolute atomic E-state index is 0.831. The quantitative estimate of drug-likeness (QED) is 0.438. The van der Waals surface area contributed by atoms with Gasteiger partial charge in [0.25, 0.3) is 0 Å². The summed E-state index contributed by atoms with van der Waals surface area (Å²) in [6.45, 7) is 2.92. The maximum Gasteiger partial charge on any atom is 0.224 e. The third-order valence-corrected chi connectivity index (χ3v) is 1.77. The van der Waals surface area contributed by atoms with E-state index in [1.807, 2.05) is 30.3 Å². The van der Waals surface area contributed by atoms with Crippen LogP contribution in [0.2, 0.25) is 0 Å². The van der Waals surface area contributed by atoms with Crippen molar-refractivity contribution in [2.24, 2.45) is 10.7 Å². The predicted molar refractivity (Wildman–Crippen MR) is 60.3 cm³/mol. The minimum Gasteiger partial charge on any atom is -0.325 e. The maximum atomic E-state index is 5.50. The Kier molecular flexibility index (Phi) is 4.41. The minimum atomic E-state index is 0.831. The van der Waals surface area contributed by atoms with Gasteiger partial charge in [-0.2, -0.15) is 4.99 Å².